The molecule has 0 spiro atoms. The van der Waals surface area contributed by atoms with Gasteiger partial charge in [0.2, 0.25) is 5.88 Å². The number of ether oxygens (including phenoxy) is 2. The van der Waals surface area contributed by atoms with Crippen LogP contribution in [-0.4, -0.2) is 36.8 Å². The molecule has 3 rings (SSSR count). The van der Waals surface area contributed by atoms with Gasteiger partial charge in [0.15, 0.2) is 0 Å². The molecule has 0 bridgehead atoms. The van der Waals surface area contributed by atoms with Crippen molar-refractivity contribution in [1.29, 1.82) is 0 Å². The molecule has 1 aliphatic rings. The Labute approximate surface area is 155 Å². The average molecular weight is 382 g/mol. The minimum absolute atomic E-state index is 0.0216. The van der Waals surface area contributed by atoms with E-state index >= 15 is 0 Å². The van der Waals surface area contributed by atoms with Crippen LogP contribution in [0.15, 0.2) is 24.3 Å². The molecule has 1 atom stereocenters. The van der Waals surface area contributed by atoms with Crippen molar-refractivity contribution in [3.05, 3.63) is 29.8 Å². The monoisotopic (exact) mass is 382 g/mol. The molecule has 1 aromatic heterocycles. The van der Waals surface area contributed by atoms with Crippen molar-refractivity contribution in [2.24, 2.45) is 0 Å². The first-order valence-electron chi connectivity index (χ1n) is 8.74. The number of nitrogens with zero attached hydrogens (tertiary/aromatic N) is 2. The highest BCUT2D eigenvalue weighted by atomic mass is 19.4. The zero-order chi connectivity index (χ0) is 19.8. The molecule has 2 aromatic rings. The molecule has 5 nitrogen and oxygen atoms in total. The number of esters is 1. The molecule has 0 saturated carbocycles. The van der Waals surface area contributed by atoms with Crippen LogP contribution < -0.4 is 9.64 Å². The molecular weight excluding hydrogens is 361 g/mol. The second kappa shape index (κ2) is 7.25. The summed E-state index contributed by atoms with van der Waals surface area (Å²) in [5.74, 6) is -0.450. The second-order valence-corrected chi connectivity index (χ2v) is 6.75. The SMILES string of the molecule is COC(=O)C1CCCN1c1ccc2nc(OC(C)C)cc(C(F)(F)F)c2c1. The number of hydrogen-bond donors (Lipinski definition) is 0. The van der Waals surface area contributed by atoms with Crippen LogP contribution in [-0.2, 0) is 15.7 Å². The highest BCUT2D eigenvalue weighted by Crippen LogP contribution is 2.38. The minimum Gasteiger partial charge on any atom is -0.475 e. The molecule has 2 heterocycles. The van der Waals surface area contributed by atoms with Gasteiger partial charge in [0.1, 0.15) is 6.04 Å². The fraction of sp³-hybridized carbons (Fsp3) is 0.474. The lowest BCUT2D eigenvalue weighted by Gasteiger charge is -2.25. The summed E-state index contributed by atoms with van der Waals surface area (Å²) in [6.45, 7) is 4.03. The number of benzene rings is 1. The normalized spacial score (nSPS) is 17.6. The summed E-state index contributed by atoms with van der Waals surface area (Å²) >= 11 is 0. The molecule has 1 aromatic carbocycles. The van der Waals surface area contributed by atoms with Crippen molar-refractivity contribution in [3.8, 4) is 5.88 Å². The van der Waals surface area contributed by atoms with Crippen LogP contribution in [0.1, 0.15) is 32.3 Å². The van der Waals surface area contributed by atoms with Crippen LogP contribution in [0.3, 0.4) is 0 Å². The van der Waals surface area contributed by atoms with Gasteiger partial charge in [-0.15, -0.1) is 0 Å². The third-order valence-electron chi connectivity index (χ3n) is 4.49. The van der Waals surface area contributed by atoms with Gasteiger partial charge in [0.05, 0.1) is 24.3 Å². The third kappa shape index (κ3) is 3.94. The second-order valence-electron chi connectivity index (χ2n) is 6.75. The quantitative estimate of drug-likeness (QED) is 0.743. The molecule has 0 aliphatic carbocycles. The van der Waals surface area contributed by atoms with E-state index in [1.54, 1.807) is 24.8 Å². The first kappa shape index (κ1) is 19.3. The topological polar surface area (TPSA) is 51.7 Å². The number of pyridine rings is 1. The third-order valence-corrected chi connectivity index (χ3v) is 4.49. The van der Waals surface area contributed by atoms with Gasteiger partial charge >= 0.3 is 12.1 Å². The van der Waals surface area contributed by atoms with Crippen molar-refractivity contribution in [1.82, 2.24) is 4.98 Å². The number of aromatic nitrogens is 1. The predicted octanol–water partition coefficient (Wildman–Crippen LogP) is 4.18. The van der Waals surface area contributed by atoms with Crippen LogP contribution in [0.5, 0.6) is 5.88 Å². The van der Waals surface area contributed by atoms with Gasteiger partial charge in [-0.3, -0.25) is 0 Å². The lowest BCUT2D eigenvalue weighted by molar-refractivity contribution is -0.142. The van der Waals surface area contributed by atoms with Crippen LogP contribution in [0.2, 0.25) is 0 Å². The molecule has 0 N–H and O–H groups in total. The first-order chi connectivity index (χ1) is 12.7. The first-order valence-corrected chi connectivity index (χ1v) is 8.74. The van der Waals surface area contributed by atoms with E-state index in [2.05, 4.69) is 4.98 Å². The van der Waals surface area contributed by atoms with E-state index in [1.165, 1.54) is 19.2 Å². The zero-order valence-electron chi connectivity index (χ0n) is 15.3. The number of carbonyl (C=O) groups is 1. The van der Waals surface area contributed by atoms with Crippen LogP contribution >= 0.6 is 0 Å². The maximum Gasteiger partial charge on any atom is 0.417 e. The summed E-state index contributed by atoms with van der Waals surface area (Å²) in [6.07, 6.45) is -3.47. The fourth-order valence-corrected chi connectivity index (χ4v) is 3.36. The number of methoxy groups -OCH3 is 1. The Hall–Kier alpha value is -2.51. The average Bonchev–Trinajstić information content (AvgIpc) is 3.08. The van der Waals surface area contributed by atoms with Gasteiger partial charge in [0, 0.05) is 23.7 Å². The zero-order valence-corrected chi connectivity index (χ0v) is 15.3. The Bertz CT molecular complexity index is 852. The molecule has 0 amide bonds. The van der Waals surface area contributed by atoms with E-state index in [0.717, 1.165) is 12.5 Å². The molecule has 8 heteroatoms. The van der Waals surface area contributed by atoms with Crippen molar-refractivity contribution in [3.63, 3.8) is 0 Å². The van der Waals surface area contributed by atoms with E-state index in [-0.39, 0.29) is 28.9 Å². The van der Waals surface area contributed by atoms with Gasteiger partial charge in [-0.2, -0.15) is 13.2 Å². The summed E-state index contributed by atoms with van der Waals surface area (Å²) in [4.78, 5) is 17.9. The summed E-state index contributed by atoms with van der Waals surface area (Å²) < 4.78 is 51.1. The van der Waals surface area contributed by atoms with Gasteiger partial charge in [-0.05, 0) is 44.9 Å². The number of carbonyl (C=O) groups excluding carboxylic acids is 1. The number of alkyl halides is 3. The van der Waals surface area contributed by atoms with E-state index < -0.39 is 17.8 Å². The fourth-order valence-electron chi connectivity index (χ4n) is 3.36. The molecule has 1 aliphatic heterocycles. The van der Waals surface area contributed by atoms with Crippen LogP contribution in [0, 0.1) is 0 Å². The maximum absolute atomic E-state index is 13.6. The van der Waals surface area contributed by atoms with Crippen molar-refractivity contribution in [2.75, 3.05) is 18.6 Å². The van der Waals surface area contributed by atoms with Crippen LogP contribution in [0.4, 0.5) is 18.9 Å². The number of anilines is 1. The summed E-state index contributed by atoms with van der Waals surface area (Å²) in [6, 6.07) is 5.08. The highest BCUT2D eigenvalue weighted by Gasteiger charge is 2.35. The Morgan fingerprint density at radius 1 is 1.30 bits per heavy atom. The van der Waals surface area contributed by atoms with Gasteiger partial charge in [-0.25, -0.2) is 9.78 Å². The van der Waals surface area contributed by atoms with E-state index in [1.807, 2.05) is 0 Å². The lowest BCUT2D eigenvalue weighted by Crippen LogP contribution is -2.36. The predicted molar refractivity (Wildman–Crippen MR) is 94.9 cm³/mol. The number of halogens is 3. The summed E-state index contributed by atoms with van der Waals surface area (Å²) in [7, 11) is 1.31. The Kier molecular flexibility index (Phi) is 5.17. The molecule has 146 valence electrons. The standard InChI is InChI=1S/C19H21F3N2O3/c1-11(2)27-17-10-14(19(20,21)22)13-9-12(6-7-15(13)23-17)24-8-4-5-16(24)18(25)26-3/h6-7,9-11,16H,4-5,8H2,1-3H3. The number of rotatable bonds is 4. The molecular formula is C19H21F3N2O3. The van der Waals surface area contributed by atoms with Gasteiger partial charge in [0.25, 0.3) is 0 Å². The Morgan fingerprint density at radius 3 is 2.67 bits per heavy atom. The molecule has 1 fully saturated rings. The largest absolute Gasteiger partial charge is 0.475 e. The van der Waals surface area contributed by atoms with Crippen molar-refractivity contribution < 1.29 is 27.4 Å². The molecule has 1 unspecified atom stereocenters. The lowest BCUT2D eigenvalue weighted by atomic mass is 10.1. The Balaban J connectivity index is 2.10. The number of fused-ring (bicyclic) bond motifs is 1. The van der Waals surface area contributed by atoms with E-state index in [9.17, 15) is 18.0 Å². The van der Waals surface area contributed by atoms with Gasteiger partial charge < -0.3 is 14.4 Å². The molecule has 0 radical (unpaired) electrons. The summed E-state index contributed by atoms with van der Waals surface area (Å²) in [5, 5.41) is -0.0216. The van der Waals surface area contributed by atoms with E-state index in [0.29, 0.717) is 18.7 Å². The smallest absolute Gasteiger partial charge is 0.417 e. The van der Waals surface area contributed by atoms with Gasteiger partial charge in [-0.1, -0.05) is 0 Å². The van der Waals surface area contributed by atoms with Crippen molar-refractivity contribution in [2.45, 2.75) is 45.0 Å². The molecule has 27 heavy (non-hydrogen) atoms. The summed E-state index contributed by atoms with van der Waals surface area (Å²) in [5.41, 5.74) is -0.0721. The minimum atomic E-state index is -4.55. The highest BCUT2D eigenvalue weighted by molar-refractivity contribution is 5.88. The van der Waals surface area contributed by atoms with E-state index in [4.69, 9.17) is 9.47 Å². The maximum atomic E-state index is 13.6. The Morgan fingerprint density at radius 2 is 2.04 bits per heavy atom. The molecule has 1 saturated heterocycles. The number of hydrogen-bond acceptors (Lipinski definition) is 5. The van der Waals surface area contributed by atoms with Crippen LogP contribution in [0.25, 0.3) is 10.9 Å². The van der Waals surface area contributed by atoms with Crippen molar-refractivity contribution >= 4 is 22.6 Å².